The quantitative estimate of drug-likeness (QED) is 0.796. The molecule has 124 valence electrons. The Kier molecular flexibility index (Phi) is 4.06. The molecule has 4 unspecified atom stereocenters. The highest BCUT2D eigenvalue weighted by molar-refractivity contribution is 7.91. The second kappa shape index (κ2) is 6.06. The predicted molar refractivity (Wildman–Crippen MR) is 89.8 cm³/mol. The van der Waals surface area contributed by atoms with E-state index in [1.54, 1.807) is 24.3 Å². The molecule has 0 spiro atoms. The van der Waals surface area contributed by atoms with Crippen molar-refractivity contribution in [2.24, 2.45) is 23.7 Å². The highest BCUT2D eigenvalue weighted by atomic mass is 32.2. The molecule has 4 heteroatoms. The minimum atomic E-state index is -3.23. The minimum Gasteiger partial charge on any atom is -0.381 e. The van der Waals surface area contributed by atoms with Gasteiger partial charge < -0.3 is 4.74 Å². The molecule has 0 N–H and O–H groups in total. The van der Waals surface area contributed by atoms with Gasteiger partial charge in [0.05, 0.1) is 23.9 Å². The molecule has 0 bridgehead atoms. The zero-order valence-electron chi connectivity index (χ0n) is 13.4. The third kappa shape index (κ3) is 2.87. The zero-order chi connectivity index (χ0) is 15.9. The largest absolute Gasteiger partial charge is 0.381 e. The Morgan fingerprint density at radius 3 is 2.78 bits per heavy atom. The molecule has 3 nitrogen and oxygen atoms in total. The molecule has 1 aliphatic heterocycles. The Hall–Kier alpha value is -1.13. The van der Waals surface area contributed by atoms with Gasteiger partial charge in [-0.15, -0.1) is 0 Å². The summed E-state index contributed by atoms with van der Waals surface area (Å²) < 4.78 is 31.5. The first-order chi connectivity index (χ1) is 11.1. The molecule has 23 heavy (non-hydrogen) atoms. The van der Waals surface area contributed by atoms with Crippen LogP contribution in [0.5, 0.6) is 0 Å². The molecule has 4 rings (SSSR count). The molecule has 1 heterocycles. The number of benzene rings is 1. The number of sulfone groups is 1. The molecule has 2 fully saturated rings. The van der Waals surface area contributed by atoms with Gasteiger partial charge in [0.25, 0.3) is 0 Å². The summed E-state index contributed by atoms with van der Waals surface area (Å²) in [6.45, 7) is 1.54. The molecule has 0 radical (unpaired) electrons. The summed E-state index contributed by atoms with van der Waals surface area (Å²) in [5.41, 5.74) is 1.51. The molecule has 1 aromatic rings. The van der Waals surface area contributed by atoms with Crippen molar-refractivity contribution in [3.05, 3.63) is 42.0 Å². The SMILES string of the molecule is O=S(=O)(CC1C2CCCC=C2CC2COCC21)c1ccccc1. The summed E-state index contributed by atoms with van der Waals surface area (Å²) in [5, 5.41) is 0. The lowest BCUT2D eigenvalue weighted by Crippen LogP contribution is -2.40. The molecular formula is C19H24O3S. The summed E-state index contributed by atoms with van der Waals surface area (Å²) in [7, 11) is -3.23. The van der Waals surface area contributed by atoms with E-state index in [9.17, 15) is 8.42 Å². The smallest absolute Gasteiger partial charge is 0.178 e. The predicted octanol–water partition coefficient (Wildman–Crippen LogP) is 3.47. The van der Waals surface area contributed by atoms with Crippen molar-refractivity contribution < 1.29 is 13.2 Å². The maximum absolute atomic E-state index is 12.9. The Balaban J connectivity index is 1.65. The van der Waals surface area contributed by atoms with Crippen LogP contribution in [0.25, 0.3) is 0 Å². The first kappa shape index (κ1) is 15.4. The maximum atomic E-state index is 12.9. The molecule has 1 saturated heterocycles. The first-order valence-electron chi connectivity index (χ1n) is 8.69. The molecule has 0 aromatic heterocycles. The van der Waals surface area contributed by atoms with E-state index in [1.165, 1.54) is 12.0 Å². The molecular weight excluding hydrogens is 308 g/mol. The Morgan fingerprint density at radius 1 is 1.13 bits per heavy atom. The van der Waals surface area contributed by atoms with Crippen molar-refractivity contribution in [2.45, 2.75) is 30.6 Å². The second-order valence-electron chi connectivity index (χ2n) is 7.24. The molecule has 1 saturated carbocycles. The summed E-state index contributed by atoms with van der Waals surface area (Å²) in [6, 6.07) is 8.92. The van der Waals surface area contributed by atoms with Gasteiger partial charge in [0.15, 0.2) is 9.84 Å². The van der Waals surface area contributed by atoms with Crippen LogP contribution < -0.4 is 0 Å². The van der Waals surface area contributed by atoms with Gasteiger partial charge >= 0.3 is 0 Å². The average Bonchev–Trinajstić information content (AvgIpc) is 3.04. The highest BCUT2D eigenvalue weighted by Gasteiger charge is 2.46. The van der Waals surface area contributed by atoms with Crippen LogP contribution in [-0.2, 0) is 14.6 Å². The van der Waals surface area contributed by atoms with Crippen molar-refractivity contribution in [1.29, 1.82) is 0 Å². The van der Waals surface area contributed by atoms with Crippen LogP contribution in [0.1, 0.15) is 25.7 Å². The van der Waals surface area contributed by atoms with Crippen LogP contribution in [0, 0.1) is 23.7 Å². The number of rotatable bonds is 3. The van der Waals surface area contributed by atoms with Crippen molar-refractivity contribution >= 4 is 9.84 Å². The lowest BCUT2D eigenvalue weighted by molar-refractivity contribution is 0.156. The third-order valence-electron chi connectivity index (χ3n) is 5.93. The van der Waals surface area contributed by atoms with Crippen molar-refractivity contribution in [1.82, 2.24) is 0 Å². The molecule has 2 aliphatic carbocycles. The molecule has 0 amide bonds. The van der Waals surface area contributed by atoms with E-state index in [4.69, 9.17) is 4.74 Å². The molecule has 1 aromatic carbocycles. The number of hydrogen-bond acceptors (Lipinski definition) is 3. The van der Waals surface area contributed by atoms with Gasteiger partial charge in [-0.3, -0.25) is 0 Å². The van der Waals surface area contributed by atoms with Crippen LogP contribution in [0.3, 0.4) is 0 Å². The van der Waals surface area contributed by atoms with Gasteiger partial charge in [-0.2, -0.15) is 0 Å². The summed E-state index contributed by atoms with van der Waals surface area (Å²) >= 11 is 0. The summed E-state index contributed by atoms with van der Waals surface area (Å²) in [4.78, 5) is 0.461. The third-order valence-corrected chi connectivity index (χ3v) is 7.74. The zero-order valence-corrected chi connectivity index (χ0v) is 14.2. The molecule has 3 aliphatic rings. The highest BCUT2D eigenvalue weighted by Crippen LogP contribution is 2.49. The van der Waals surface area contributed by atoms with E-state index in [1.807, 2.05) is 6.07 Å². The van der Waals surface area contributed by atoms with Crippen molar-refractivity contribution in [2.75, 3.05) is 19.0 Å². The normalized spacial score (nSPS) is 33.7. The number of allylic oxidation sites excluding steroid dienone is 2. The minimum absolute atomic E-state index is 0.216. The van der Waals surface area contributed by atoms with Crippen molar-refractivity contribution in [3.63, 3.8) is 0 Å². The first-order valence-corrected chi connectivity index (χ1v) is 10.3. The fourth-order valence-electron chi connectivity index (χ4n) is 4.80. The topological polar surface area (TPSA) is 43.4 Å². The second-order valence-corrected chi connectivity index (χ2v) is 9.27. The number of ether oxygens (including phenoxy) is 1. The van der Waals surface area contributed by atoms with Gasteiger partial charge in [0, 0.05) is 0 Å². The number of hydrogen-bond donors (Lipinski definition) is 0. The monoisotopic (exact) mass is 332 g/mol. The Labute approximate surface area is 138 Å². The lowest BCUT2D eigenvalue weighted by atomic mass is 9.63. The van der Waals surface area contributed by atoms with E-state index in [2.05, 4.69) is 6.08 Å². The molecule has 4 atom stereocenters. The lowest BCUT2D eigenvalue weighted by Gasteiger charge is -2.42. The van der Waals surface area contributed by atoms with E-state index < -0.39 is 9.84 Å². The van der Waals surface area contributed by atoms with Gasteiger partial charge in [0.1, 0.15) is 0 Å². The van der Waals surface area contributed by atoms with E-state index in [0.717, 1.165) is 32.5 Å². The Morgan fingerprint density at radius 2 is 1.96 bits per heavy atom. The fraction of sp³-hybridized carbons (Fsp3) is 0.579. The maximum Gasteiger partial charge on any atom is 0.178 e. The van der Waals surface area contributed by atoms with Crippen LogP contribution in [0.2, 0.25) is 0 Å². The van der Waals surface area contributed by atoms with Crippen LogP contribution in [0.4, 0.5) is 0 Å². The summed E-state index contributed by atoms with van der Waals surface area (Å²) in [6.07, 6.45) is 6.99. The van der Waals surface area contributed by atoms with Gasteiger partial charge in [-0.1, -0.05) is 29.8 Å². The van der Waals surface area contributed by atoms with Crippen LogP contribution in [0.15, 0.2) is 46.9 Å². The van der Waals surface area contributed by atoms with E-state index >= 15 is 0 Å². The van der Waals surface area contributed by atoms with Gasteiger partial charge in [-0.05, 0) is 61.5 Å². The number of fused-ring (bicyclic) bond motifs is 2. The standard InChI is InChI=1S/C19H24O3S/c20-23(21,16-7-2-1-3-8-16)13-19-17-9-5-4-6-14(17)10-15-11-22-12-18(15)19/h1-3,6-8,15,17-19H,4-5,9-13H2. The van der Waals surface area contributed by atoms with E-state index in [0.29, 0.717) is 22.6 Å². The van der Waals surface area contributed by atoms with Gasteiger partial charge in [0.2, 0.25) is 0 Å². The van der Waals surface area contributed by atoms with Crippen molar-refractivity contribution in [3.8, 4) is 0 Å². The fourth-order valence-corrected chi connectivity index (χ4v) is 6.55. The average molecular weight is 332 g/mol. The Bertz CT molecular complexity index is 693. The summed E-state index contributed by atoms with van der Waals surface area (Å²) in [5.74, 6) is 1.86. The van der Waals surface area contributed by atoms with E-state index in [-0.39, 0.29) is 11.7 Å². The van der Waals surface area contributed by atoms with Gasteiger partial charge in [-0.25, -0.2) is 8.42 Å². The van der Waals surface area contributed by atoms with Crippen LogP contribution in [-0.4, -0.2) is 27.4 Å². The van der Waals surface area contributed by atoms with Crippen LogP contribution >= 0.6 is 0 Å².